The van der Waals surface area contributed by atoms with Crippen molar-refractivity contribution in [2.45, 2.75) is 0 Å². The van der Waals surface area contributed by atoms with Crippen molar-refractivity contribution >= 4 is 27.3 Å². The summed E-state index contributed by atoms with van der Waals surface area (Å²) >= 11 is 3.40. The van der Waals surface area contributed by atoms with Crippen LogP contribution >= 0.6 is 15.9 Å². The van der Waals surface area contributed by atoms with E-state index in [1.165, 1.54) is 6.20 Å². The zero-order chi connectivity index (χ0) is 19.7. The fourth-order valence-electron chi connectivity index (χ4n) is 2.76. The molecule has 4 aromatic rings. The second-order valence-electron chi connectivity index (χ2n) is 5.89. The Balaban J connectivity index is 1.71. The first-order valence-corrected chi connectivity index (χ1v) is 9.02. The van der Waals surface area contributed by atoms with Crippen molar-refractivity contribution in [2.75, 3.05) is 0 Å². The van der Waals surface area contributed by atoms with Gasteiger partial charge in [-0.1, -0.05) is 46.3 Å². The van der Waals surface area contributed by atoms with Crippen molar-refractivity contribution in [1.82, 2.24) is 9.38 Å². The Bertz CT molecular complexity index is 1240. The molecule has 2 heterocycles. The predicted octanol–water partition coefficient (Wildman–Crippen LogP) is 4.82. The average molecular weight is 438 g/mol. The van der Waals surface area contributed by atoms with E-state index in [-0.39, 0.29) is 11.5 Å². The Kier molecular flexibility index (Phi) is 4.62. The molecule has 0 saturated carbocycles. The summed E-state index contributed by atoms with van der Waals surface area (Å²) in [6.07, 6.45) is 1.43. The molecule has 0 aliphatic heterocycles. The summed E-state index contributed by atoms with van der Waals surface area (Å²) in [4.78, 5) is 27.2. The van der Waals surface area contributed by atoms with Crippen molar-refractivity contribution < 1.29 is 9.66 Å². The largest absolute Gasteiger partial charge is 0.433 e. The minimum Gasteiger partial charge on any atom is -0.433 e. The lowest BCUT2D eigenvalue weighted by molar-refractivity contribution is -0.387. The van der Waals surface area contributed by atoms with Gasteiger partial charge in [0.25, 0.3) is 0 Å². The highest BCUT2D eigenvalue weighted by atomic mass is 79.9. The van der Waals surface area contributed by atoms with Crippen LogP contribution in [0.2, 0.25) is 0 Å². The van der Waals surface area contributed by atoms with Crippen LogP contribution in [0.1, 0.15) is 0 Å². The number of hydrogen-bond acceptors (Lipinski definition) is 5. The molecule has 138 valence electrons. The molecule has 0 spiro atoms. The van der Waals surface area contributed by atoms with Crippen molar-refractivity contribution in [1.29, 1.82) is 0 Å². The summed E-state index contributed by atoms with van der Waals surface area (Å²) in [6, 6.07) is 19.7. The first-order valence-electron chi connectivity index (χ1n) is 8.22. The second kappa shape index (κ2) is 7.24. The molecule has 0 radical (unpaired) electrons. The van der Waals surface area contributed by atoms with Gasteiger partial charge in [-0.15, -0.1) is 0 Å². The monoisotopic (exact) mass is 437 g/mol. The van der Waals surface area contributed by atoms with Crippen molar-refractivity contribution in [3.8, 4) is 22.8 Å². The maximum atomic E-state index is 12.4. The maximum Gasteiger partial charge on any atom is 0.396 e. The van der Waals surface area contributed by atoms with Crippen LogP contribution in [0, 0.1) is 10.1 Å². The topological polar surface area (TPSA) is 86.7 Å². The minimum atomic E-state index is -0.794. The molecule has 0 atom stereocenters. The van der Waals surface area contributed by atoms with Gasteiger partial charge >= 0.3 is 17.1 Å². The molecule has 2 aromatic heterocycles. The number of aromatic nitrogens is 2. The third-order valence-electron chi connectivity index (χ3n) is 4.11. The highest BCUT2D eigenvalue weighted by Gasteiger charge is 2.25. The molecule has 4 rings (SSSR count). The molecule has 0 amide bonds. The van der Waals surface area contributed by atoms with E-state index in [1.807, 2.05) is 36.4 Å². The van der Waals surface area contributed by atoms with Gasteiger partial charge in [0.15, 0.2) is 0 Å². The molecular formula is C20H12BrN3O4. The lowest BCUT2D eigenvalue weighted by Crippen LogP contribution is -2.19. The van der Waals surface area contributed by atoms with E-state index in [0.29, 0.717) is 5.75 Å². The highest BCUT2D eigenvalue weighted by molar-refractivity contribution is 9.10. The summed E-state index contributed by atoms with van der Waals surface area (Å²) in [5, 5.41) is 11.4. The van der Waals surface area contributed by atoms with E-state index in [9.17, 15) is 14.9 Å². The molecule has 0 saturated heterocycles. The van der Waals surface area contributed by atoms with Gasteiger partial charge in [0.1, 0.15) is 11.4 Å². The Morgan fingerprint density at radius 1 is 0.964 bits per heavy atom. The van der Waals surface area contributed by atoms with E-state index in [2.05, 4.69) is 20.9 Å². The van der Waals surface area contributed by atoms with Crippen molar-refractivity contribution in [3.63, 3.8) is 0 Å². The molecule has 28 heavy (non-hydrogen) atoms. The molecule has 0 N–H and O–H groups in total. The number of fused-ring (bicyclic) bond motifs is 1. The maximum absolute atomic E-state index is 12.4. The number of benzene rings is 2. The van der Waals surface area contributed by atoms with Crippen LogP contribution < -0.4 is 10.3 Å². The lowest BCUT2D eigenvalue weighted by Gasteiger charge is -2.08. The Hall–Kier alpha value is -3.52. The fourth-order valence-corrected chi connectivity index (χ4v) is 3.02. The molecule has 0 bridgehead atoms. The zero-order valence-corrected chi connectivity index (χ0v) is 15.9. The lowest BCUT2D eigenvalue weighted by atomic mass is 10.1. The predicted molar refractivity (Wildman–Crippen MR) is 108 cm³/mol. The smallest absolute Gasteiger partial charge is 0.396 e. The van der Waals surface area contributed by atoms with Gasteiger partial charge in [-0.05, 0) is 47.5 Å². The van der Waals surface area contributed by atoms with Crippen LogP contribution in [0.4, 0.5) is 5.69 Å². The number of nitrogens with zero attached hydrogens (tertiary/aromatic N) is 3. The van der Waals surface area contributed by atoms with Gasteiger partial charge in [0.05, 0.1) is 4.92 Å². The van der Waals surface area contributed by atoms with Crippen LogP contribution in [0.15, 0.2) is 82.2 Å². The third-order valence-corrected chi connectivity index (χ3v) is 4.64. The number of hydrogen-bond donors (Lipinski definition) is 0. The quantitative estimate of drug-likeness (QED) is 0.337. The fraction of sp³-hybridized carbons (Fsp3) is 0. The first-order chi connectivity index (χ1) is 13.5. The summed E-state index contributed by atoms with van der Waals surface area (Å²) in [5.41, 5.74) is 0.737. The summed E-state index contributed by atoms with van der Waals surface area (Å²) in [7, 11) is 0. The van der Waals surface area contributed by atoms with Crippen LogP contribution in [0.3, 0.4) is 0 Å². The van der Waals surface area contributed by atoms with E-state index < -0.39 is 16.2 Å². The Morgan fingerprint density at radius 2 is 1.61 bits per heavy atom. The molecule has 0 aliphatic carbocycles. The highest BCUT2D eigenvalue weighted by Crippen LogP contribution is 2.29. The van der Waals surface area contributed by atoms with Gasteiger partial charge in [-0.2, -0.15) is 4.98 Å². The number of pyridine rings is 1. The van der Waals surface area contributed by atoms with Gasteiger partial charge < -0.3 is 4.74 Å². The number of nitro groups is 1. The van der Waals surface area contributed by atoms with Gasteiger partial charge in [-0.25, -0.2) is 0 Å². The second-order valence-corrected chi connectivity index (χ2v) is 6.81. The van der Waals surface area contributed by atoms with E-state index in [1.54, 1.807) is 30.3 Å². The number of halogens is 1. The number of ether oxygens (including phenoxy) is 1. The molecule has 2 aromatic carbocycles. The molecule has 0 unspecified atom stereocenters. The van der Waals surface area contributed by atoms with E-state index in [4.69, 9.17) is 4.74 Å². The van der Waals surface area contributed by atoms with Crippen molar-refractivity contribution in [3.05, 3.63) is 97.9 Å². The van der Waals surface area contributed by atoms with Crippen LogP contribution in [-0.2, 0) is 0 Å². The summed E-state index contributed by atoms with van der Waals surface area (Å²) < 4.78 is 7.69. The normalized spacial score (nSPS) is 10.8. The van der Waals surface area contributed by atoms with Crippen LogP contribution in [0.5, 0.6) is 11.6 Å². The molecule has 0 fully saturated rings. The SMILES string of the molecule is O=c1c([N+](=O)[O-])c(Oc2ccc(-c3ccc(Br)cc3)cc2)nc2ccccn12. The minimum absolute atomic E-state index is 0.264. The Labute approximate surface area is 167 Å². The van der Waals surface area contributed by atoms with Gasteiger partial charge in [0.2, 0.25) is 0 Å². The molecular weight excluding hydrogens is 426 g/mol. The van der Waals surface area contributed by atoms with Crippen LogP contribution in [0.25, 0.3) is 16.8 Å². The zero-order valence-electron chi connectivity index (χ0n) is 14.3. The van der Waals surface area contributed by atoms with Gasteiger partial charge in [0, 0.05) is 10.7 Å². The number of rotatable bonds is 4. The van der Waals surface area contributed by atoms with E-state index >= 15 is 0 Å². The third kappa shape index (κ3) is 3.37. The standard InChI is InChI=1S/C20H12BrN3O4/c21-15-8-4-13(5-9-15)14-6-10-16(11-7-14)28-19-18(24(26)27)20(25)23-12-2-1-3-17(23)22-19/h1-12H. The molecule has 0 aliphatic rings. The summed E-state index contributed by atoms with van der Waals surface area (Å²) in [6.45, 7) is 0. The van der Waals surface area contributed by atoms with E-state index in [0.717, 1.165) is 20.0 Å². The summed E-state index contributed by atoms with van der Waals surface area (Å²) in [5.74, 6) is 0.00809. The van der Waals surface area contributed by atoms with Gasteiger partial charge in [-0.3, -0.25) is 19.3 Å². The Morgan fingerprint density at radius 3 is 2.25 bits per heavy atom. The average Bonchev–Trinajstić information content (AvgIpc) is 2.69. The van der Waals surface area contributed by atoms with Crippen LogP contribution in [-0.4, -0.2) is 14.3 Å². The van der Waals surface area contributed by atoms with Crippen molar-refractivity contribution in [2.24, 2.45) is 0 Å². The first kappa shape index (κ1) is 17.9. The molecule has 8 heteroatoms. The molecule has 7 nitrogen and oxygen atoms in total.